The number of hydrogen-bond donors (Lipinski definition) is 1. The largest absolute Gasteiger partial charge is 0.497 e. The summed E-state index contributed by atoms with van der Waals surface area (Å²) in [7, 11) is 1.59. The van der Waals surface area contributed by atoms with Crippen LogP contribution in [-0.4, -0.2) is 37.7 Å². The fourth-order valence-corrected chi connectivity index (χ4v) is 3.77. The van der Waals surface area contributed by atoms with E-state index in [0.717, 1.165) is 23.4 Å². The van der Waals surface area contributed by atoms with Crippen LogP contribution in [0.1, 0.15) is 40.1 Å². The van der Waals surface area contributed by atoms with E-state index in [-0.39, 0.29) is 10.6 Å². The highest BCUT2D eigenvalue weighted by Crippen LogP contribution is 2.32. The van der Waals surface area contributed by atoms with Gasteiger partial charge in [0.1, 0.15) is 17.8 Å². The molecule has 12 heteroatoms. The molecule has 0 aliphatic carbocycles. The lowest BCUT2D eigenvalue weighted by Crippen LogP contribution is -2.28. The van der Waals surface area contributed by atoms with Gasteiger partial charge in [0.15, 0.2) is 5.82 Å². The molecular weight excluding hydrogens is 497 g/mol. The molecule has 186 valence electrons. The highest BCUT2D eigenvalue weighted by atomic mass is 35.5. The zero-order valence-electron chi connectivity index (χ0n) is 19.1. The molecule has 1 N–H and O–H groups in total. The zero-order valence-corrected chi connectivity index (χ0v) is 19.9. The molecule has 4 rings (SSSR count). The van der Waals surface area contributed by atoms with E-state index in [1.165, 1.54) is 24.8 Å². The third-order valence-corrected chi connectivity index (χ3v) is 5.51. The van der Waals surface area contributed by atoms with Crippen molar-refractivity contribution in [3.8, 4) is 17.3 Å². The van der Waals surface area contributed by atoms with Crippen molar-refractivity contribution < 1.29 is 22.7 Å². The van der Waals surface area contributed by atoms with E-state index in [1.54, 1.807) is 18.7 Å². The van der Waals surface area contributed by atoms with Crippen LogP contribution in [0, 0.1) is 0 Å². The molecule has 1 unspecified atom stereocenters. The molecule has 0 spiro atoms. The van der Waals surface area contributed by atoms with Gasteiger partial charge in [-0.3, -0.25) is 9.78 Å². The summed E-state index contributed by atoms with van der Waals surface area (Å²) in [6, 6.07) is 9.40. The zero-order chi connectivity index (χ0) is 25.9. The van der Waals surface area contributed by atoms with Crippen LogP contribution in [0.2, 0.25) is 5.02 Å². The summed E-state index contributed by atoms with van der Waals surface area (Å²) in [4.78, 5) is 25.8. The van der Waals surface area contributed by atoms with E-state index in [4.69, 9.17) is 16.3 Å². The van der Waals surface area contributed by atoms with Gasteiger partial charge in [-0.15, -0.1) is 0 Å². The van der Waals surface area contributed by atoms with Crippen molar-refractivity contribution in [1.29, 1.82) is 0 Å². The van der Waals surface area contributed by atoms with Crippen molar-refractivity contribution in [2.45, 2.75) is 25.7 Å². The number of carbonyl (C=O) groups is 1. The quantitative estimate of drug-likeness (QED) is 0.373. The molecule has 0 radical (unpaired) electrons. The number of halogens is 4. The number of ether oxygens (including phenoxy) is 1. The van der Waals surface area contributed by atoms with Crippen molar-refractivity contribution >= 4 is 17.5 Å². The molecule has 36 heavy (non-hydrogen) atoms. The van der Waals surface area contributed by atoms with Crippen LogP contribution in [-0.2, 0) is 12.7 Å². The molecule has 2 aromatic heterocycles. The molecule has 2 heterocycles. The maximum atomic E-state index is 13.2. The maximum absolute atomic E-state index is 13.2. The second kappa shape index (κ2) is 10.3. The highest BCUT2D eigenvalue weighted by molar-refractivity contribution is 6.31. The molecule has 0 fully saturated rings. The van der Waals surface area contributed by atoms with Crippen molar-refractivity contribution in [1.82, 2.24) is 30.0 Å². The molecule has 0 aliphatic heterocycles. The minimum Gasteiger partial charge on any atom is -0.497 e. The van der Waals surface area contributed by atoms with Gasteiger partial charge in [0, 0.05) is 23.0 Å². The van der Waals surface area contributed by atoms with Crippen molar-refractivity contribution in [3.63, 3.8) is 0 Å². The van der Waals surface area contributed by atoms with Gasteiger partial charge in [-0.05, 0) is 42.8 Å². The van der Waals surface area contributed by atoms with Gasteiger partial charge in [0.25, 0.3) is 5.91 Å². The Morgan fingerprint density at radius 2 is 1.83 bits per heavy atom. The van der Waals surface area contributed by atoms with Gasteiger partial charge in [0.2, 0.25) is 0 Å². The second-order valence-electron chi connectivity index (χ2n) is 7.80. The highest BCUT2D eigenvalue weighted by Gasteiger charge is 2.32. The van der Waals surface area contributed by atoms with E-state index in [9.17, 15) is 18.0 Å². The van der Waals surface area contributed by atoms with Crippen LogP contribution in [0.25, 0.3) is 11.5 Å². The Labute approximate surface area is 209 Å². The summed E-state index contributed by atoms with van der Waals surface area (Å²) in [5.41, 5.74) is 0.441. The molecule has 4 aromatic rings. The Hall–Kier alpha value is -3.99. The fraction of sp³-hybridized carbons (Fsp3) is 0.208. The number of nitrogens with zero attached hydrogens (tertiary/aromatic N) is 5. The van der Waals surface area contributed by atoms with Crippen molar-refractivity contribution in [2.24, 2.45) is 0 Å². The summed E-state index contributed by atoms with van der Waals surface area (Å²) >= 11 is 5.82. The normalized spacial score (nSPS) is 12.3. The number of aromatic nitrogens is 5. The number of benzene rings is 2. The molecule has 0 bridgehead atoms. The van der Waals surface area contributed by atoms with E-state index in [1.807, 2.05) is 24.3 Å². The molecular formula is C24H20ClF3N6O2. The number of rotatable bonds is 7. The molecule has 0 saturated heterocycles. The second-order valence-corrected chi connectivity index (χ2v) is 8.24. The number of carbonyl (C=O) groups excluding carboxylic acids is 1. The molecule has 8 nitrogen and oxygen atoms in total. The van der Waals surface area contributed by atoms with Crippen molar-refractivity contribution in [3.05, 3.63) is 88.6 Å². The Morgan fingerprint density at radius 3 is 2.53 bits per heavy atom. The van der Waals surface area contributed by atoms with Crippen LogP contribution < -0.4 is 10.1 Å². The summed E-state index contributed by atoms with van der Waals surface area (Å²) in [6.07, 6.45) is -0.331. The Bertz CT molecular complexity index is 1380. The summed E-state index contributed by atoms with van der Waals surface area (Å²) in [5, 5.41) is 6.74. The Balaban J connectivity index is 1.59. The number of nitrogens with one attached hydrogen (secondary N) is 1. The van der Waals surface area contributed by atoms with E-state index in [2.05, 4.69) is 25.4 Å². The van der Waals surface area contributed by atoms with Gasteiger partial charge < -0.3 is 10.1 Å². The van der Waals surface area contributed by atoms with E-state index >= 15 is 0 Å². The Kier molecular flexibility index (Phi) is 7.20. The maximum Gasteiger partial charge on any atom is 0.416 e. The van der Waals surface area contributed by atoms with Crippen LogP contribution in [0.5, 0.6) is 5.75 Å². The van der Waals surface area contributed by atoms with Crippen LogP contribution in [0.4, 0.5) is 13.2 Å². The predicted molar refractivity (Wildman–Crippen MR) is 125 cm³/mol. The van der Waals surface area contributed by atoms with Crippen LogP contribution in [0.3, 0.4) is 0 Å². The van der Waals surface area contributed by atoms with Gasteiger partial charge >= 0.3 is 6.18 Å². The lowest BCUT2D eigenvalue weighted by Gasteiger charge is -2.17. The van der Waals surface area contributed by atoms with Gasteiger partial charge in [-0.1, -0.05) is 23.7 Å². The van der Waals surface area contributed by atoms with E-state index < -0.39 is 23.7 Å². The van der Waals surface area contributed by atoms with Crippen molar-refractivity contribution in [2.75, 3.05) is 7.11 Å². The number of methoxy groups -OCH3 is 1. The number of hydrogen-bond acceptors (Lipinski definition) is 6. The molecule has 2 aromatic carbocycles. The first-order valence-corrected chi connectivity index (χ1v) is 11.0. The smallest absolute Gasteiger partial charge is 0.416 e. The van der Waals surface area contributed by atoms with Gasteiger partial charge in [-0.2, -0.15) is 18.3 Å². The SMILES string of the molecule is COc1ccc(Cn2ncnc2-c2nccnc2C(C)NC(=O)c2cc(Cl)cc(C(F)(F)F)c2)cc1. The minimum absolute atomic E-state index is 0.200. The molecule has 1 amide bonds. The van der Waals surface area contributed by atoms with Crippen LogP contribution in [0.15, 0.2) is 61.2 Å². The average Bonchev–Trinajstić information content (AvgIpc) is 3.31. The number of amides is 1. The topological polar surface area (TPSA) is 94.8 Å². The Morgan fingerprint density at radius 1 is 1.11 bits per heavy atom. The summed E-state index contributed by atoms with van der Waals surface area (Å²) in [6.45, 7) is 2.03. The first-order valence-electron chi connectivity index (χ1n) is 10.7. The first-order chi connectivity index (χ1) is 17.2. The molecule has 0 saturated carbocycles. The molecule has 1 atom stereocenters. The first kappa shape index (κ1) is 25.1. The third-order valence-electron chi connectivity index (χ3n) is 5.29. The lowest BCUT2D eigenvalue weighted by atomic mass is 10.1. The summed E-state index contributed by atoms with van der Waals surface area (Å²) < 4.78 is 46.3. The van der Waals surface area contributed by atoms with Gasteiger partial charge in [-0.25, -0.2) is 14.6 Å². The lowest BCUT2D eigenvalue weighted by molar-refractivity contribution is -0.137. The van der Waals surface area contributed by atoms with E-state index in [0.29, 0.717) is 23.8 Å². The average molecular weight is 517 g/mol. The third kappa shape index (κ3) is 5.62. The monoisotopic (exact) mass is 516 g/mol. The number of alkyl halides is 3. The fourth-order valence-electron chi connectivity index (χ4n) is 3.54. The summed E-state index contributed by atoms with van der Waals surface area (Å²) in [5.74, 6) is 0.393. The predicted octanol–water partition coefficient (Wildman–Crippen LogP) is 4.96. The standard InChI is InChI=1S/C24H20ClF3N6O2/c1-14(33-23(35)16-9-17(24(26,27)28)11-18(25)10-16)20-21(30-8-7-29-20)22-31-13-32-34(22)12-15-3-5-19(36-2)6-4-15/h3-11,13-14H,12H2,1-2H3,(H,33,35). The van der Waals surface area contributed by atoms with Crippen LogP contribution >= 0.6 is 11.6 Å². The molecule has 0 aliphatic rings. The minimum atomic E-state index is -4.64. The van der Waals surface area contributed by atoms with Gasteiger partial charge in [0.05, 0.1) is 31.0 Å².